The summed E-state index contributed by atoms with van der Waals surface area (Å²) >= 11 is 1.37. The number of tetrazole rings is 1. The smallest absolute Gasteiger partial charge is 0.213 e. The lowest BCUT2D eigenvalue weighted by atomic mass is 10.2. The van der Waals surface area contributed by atoms with E-state index in [1.54, 1.807) is 17.8 Å². The van der Waals surface area contributed by atoms with Gasteiger partial charge in [0.1, 0.15) is 0 Å². The molecule has 0 saturated heterocycles. The molecule has 6 heteroatoms. The second-order valence-corrected chi connectivity index (χ2v) is 3.85. The molecule has 0 aliphatic carbocycles. The van der Waals surface area contributed by atoms with E-state index in [4.69, 9.17) is 0 Å². The maximum atomic E-state index is 10.8. The van der Waals surface area contributed by atoms with Crippen molar-refractivity contribution in [3.63, 3.8) is 0 Å². The zero-order valence-corrected chi connectivity index (χ0v) is 8.81. The Morgan fingerprint density at radius 2 is 2.20 bits per heavy atom. The van der Waals surface area contributed by atoms with Crippen molar-refractivity contribution < 1.29 is 4.79 Å². The summed E-state index contributed by atoms with van der Waals surface area (Å²) in [7, 11) is 1.76. The first kappa shape index (κ1) is 9.85. The van der Waals surface area contributed by atoms with Crippen LogP contribution in [0.2, 0.25) is 0 Å². The summed E-state index contributed by atoms with van der Waals surface area (Å²) < 4.78 is 1.56. The number of aldehydes is 1. The van der Waals surface area contributed by atoms with Gasteiger partial charge in [0.25, 0.3) is 0 Å². The van der Waals surface area contributed by atoms with Crippen LogP contribution in [-0.2, 0) is 7.05 Å². The van der Waals surface area contributed by atoms with Crippen LogP contribution in [0.25, 0.3) is 0 Å². The predicted molar refractivity (Wildman–Crippen MR) is 54.8 cm³/mol. The monoisotopic (exact) mass is 220 g/mol. The molecule has 15 heavy (non-hydrogen) atoms. The van der Waals surface area contributed by atoms with Gasteiger partial charge < -0.3 is 0 Å². The third kappa shape index (κ3) is 2.04. The molecule has 0 spiro atoms. The molecule has 0 bridgehead atoms. The lowest BCUT2D eigenvalue weighted by molar-refractivity contribution is 0.112. The van der Waals surface area contributed by atoms with Crippen molar-refractivity contribution in [1.29, 1.82) is 0 Å². The highest BCUT2D eigenvalue weighted by Gasteiger charge is 2.07. The van der Waals surface area contributed by atoms with Gasteiger partial charge in [-0.25, -0.2) is 4.68 Å². The van der Waals surface area contributed by atoms with Crippen molar-refractivity contribution in [3.8, 4) is 0 Å². The van der Waals surface area contributed by atoms with Crippen molar-refractivity contribution in [2.75, 3.05) is 0 Å². The Bertz CT molecular complexity index is 482. The van der Waals surface area contributed by atoms with Crippen LogP contribution in [0.4, 0.5) is 0 Å². The molecule has 0 saturated carbocycles. The van der Waals surface area contributed by atoms with Crippen molar-refractivity contribution in [1.82, 2.24) is 20.2 Å². The van der Waals surface area contributed by atoms with E-state index in [1.165, 1.54) is 11.8 Å². The molecule has 5 nitrogen and oxygen atoms in total. The van der Waals surface area contributed by atoms with Crippen LogP contribution in [0.3, 0.4) is 0 Å². The number of rotatable bonds is 3. The Labute approximate surface area is 90.5 Å². The van der Waals surface area contributed by atoms with Gasteiger partial charge >= 0.3 is 0 Å². The SMILES string of the molecule is Cn1nnnc1Sc1ccccc1C=O. The number of aromatic nitrogens is 4. The molecule has 0 aliphatic heterocycles. The summed E-state index contributed by atoms with van der Waals surface area (Å²) in [5.41, 5.74) is 0.644. The van der Waals surface area contributed by atoms with E-state index in [1.807, 2.05) is 18.2 Å². The molecule has 0 N–H and O–H groups in total. The summed E-state index contributed by atoms with van der Waals surface area (Å²) in [4.78, 5) is 11.6. The predicted octanol–water partition coefficient (Wildman–Crippen LogP) is 1.17. The van der Waals surface area contributed by atoms with Gasteiger partial charge in [0.2, 0.25) is 5.16 Å². The van der Waals surface area contributed by atoms with Crippen LogP contribution < -0.4 is 0 Å². The first-order chi connectivity index (χ1) is 7.31. The minimum atomic E-state index is 0.644. The summed E-state index contributed by atoms with van der Waals surface area (Å²) in [6.07, 6.45) is 0.826. The fourth-order valence-corrected chi connectivity index (χ4v) is 1.90. The van der Waals surface area contributed by atoms with Crippen molar-refractivity contribution in [2.45, 2.75) is 10.1 Å². The fraction of sp³-hybridized carbons (Fsp3) is 0.111. The van der Waals surface area contributed by atoms with Gasteiger partial charge in [0.15, 0.2) is 6.29 Å². The third-order valence-electron chi connectivity index (χ3n) is 1.83. The fourth-order valence-electron chi connectivity index (χ4n) is 1.08. The number of nitrogens with zero attached hydrogens (tertiary/aromatic N) is 4. The Morgan fingerprint density at radius 1 is 1.40 bits per heavy atom. The summed E-state index contributed by atoms with van der Waals surface area (Å²) in [6.45, 7) is 0. The third-order valence-corrected chi connectivity index (χ3v) is 2.95. The van der Waals surface area contributed by atoms with Crippen LogP contribution in [0.15, 0.2) is 34.3 Å². The maximum absolute atomic E-state index is 10.8. The minimum absolute atomic E-state index is 0.644. The van der Waals surface area contributed by atoms with Gasteiger partial charge in [0.05, 0.1) is 0 Å². The molecule has 0 amide bonds. The van der Waals surface area contributed by atoms with E-state index in [-0.39, 0.29) is 0 Å². The average Bonchev–Trinajstić information content (AvgIpc) is 2.65. The number of hydrogen-bond acceptors (Lipinski definition) is 5. The molecular weight excluding hydrogens is 212 g/mol. The van der Waals surface area contributed by atoms with E-state index in [9.17, 15) is 4.79 Å². The zero-order valence-electron chi connectivity index (χ0n) is 7.99. The number of carbonyl (C=O) groups is 1. The van der Waals surface area contributed by atoms with Gasteiger partial charge in [0, 0.05) is 17.5 Å². The Morgan fingerprint density at radius 3 is 2.87 bits per heavy atom. The number of hydrogen-bond donors (Lipinski definition) is 0. The molecule has 1 aromatic carbocycles. The molecule has 0 radical (unpaired) electrons. The quantitative estimate of drug-likeness (QED) is 0.727. The first-order valence-corrected chi connectivity index (χ1v) is 5.07. The maximum Gasteiger partial charge on any atom is 0.213 e. The van der Waals surface area contributed by atoms with E-state index in [0.717, 1.165) is 11.2 Å². The van der Waals surface area contributed by atoms with E-state index in [0.29, 0.717) is 10.7 Å². The molecule has 1 aromatic heterocycles. The second-order valence-electron chi connectivity index (χ2n) is 2.84. The number of benzene rings is 1. The van der Waals surface area contributed by atoms with E-state index >= 15 is 0 Å². The normalized spacial score (nSPS) is 10.2. The van der Waals surface area contributed by atoms with Crippen LogP contribution in [0.5, 0.6) is 0 Å². The lowest BCUT2D eigenvalue weighted by Gasteiger charge is -2.01. The van der Waals surface area contributed by atoms with Crippen LogP contribution in [-0.4, -0.2) is 26.5 Å². The van der Waals surface area contributed by atoms with Gasteiger partial charge in [-0.1, -0.05) is 18.2 Å². The van der Waals surface area contributed by atoms with E-state index in [2.05, 4.69) is 15.5 Å². The molecule has 0 aliphatic rings. The highest BCUT2D eigenvalue weighted by molar-refractivity contribution is 7.99. The molecule has 1 heterocycles. The molecule has 0 atom stereocenters. The van der Waals surface area contributed by atoms with Crippen LogP contribution in [0.1, 0.15) is 10.4 Å². The second kappa shape index (κ2) is 4.22. The average molecular weight is 220 g/mol. The van der Waals surface area contributed by atoms with Gasteiger partial charge in [-0.3, -0.25) is 4.79 Å². The van der Waals surface area contributed by atoms with Gasteiger partial charge in [-0.15, -0.1) is 5.10 Å². The molecule has 0 fully saturated rings. The largest absolute Gasteiger partial charge is 0.298 e. The summed E-state index contributed by atoms with van der Waals surface area (Å²) in [5.74, 6) is 0. The number of aryl methyl sites for hydroxylation is 1. The minimum Gasteiger partial charge on any atom is -0.298 e. The molecular formula is C9H8N4OS. The van der Waals surface area contributed by atoms with Crippen LogP contribution in [0, 0.1) is 0 Å². The molecule has 2 rings (SSSR count). The highest BCUT2D eigenvalue weighted by Crippen LogP contribution is 2.26. The Hall–Kier alpha value is -1.69. The van der Waals surface area contributed by atoms with Crippen LogP contribution >= 0.6 is 11.8 Å². The Kier molecular flexibility index (Phi) is 2.77. The topological polar surface area (TPSA) is 60.7 Å². The summed E-state index contributed by atoms with van der Waals surface area (Å²) in [5, 5.41) is 11.7. The van der Waals surface area contributed by atoms with Gasteiger partial charge in [-0.05, 0) is 28.3 Å². The zero-order chi connectivity index (χ0) is 10.7. The van der Waals surface area contributed by atoms with Gasteiger partial charge in [-0.2, -0.15) is 0 Å². The van der Waals surface area contributed by atoms with Crippen molar-refractivity contribution in [2.24, 2.45) is 7.05 Å². The lowest BCUT2D eigenvalue weighted by Crippen LogP contribution is -1.93. The molecule has 2 aromatic rings. The van der Waals surface area contributed by atoms with Crippen molar-refractivity contribution in [3.05, 3.63) is 29.8 Å². The first-order valence-electron chi connectivity index (χ1n) is 4.25. The summed E-state index contributed by atoms with van der Waals surface area (Å²) in [6, 6.07) is 7.32. The Balaban J connectivity index is 2.32. The molecule has 76 valence electrons. The number of carbonyl (C=O) groups excluding carboxylic acids is 1. The van der Waals surface area contributed by atoms with Crippen molar-refractivity contribution >= 4 is 18.0 Å². The molecule has 0 unspecified atom stereocenters. The standard InChI is InChI=1S/C9H8N4OS/c1-13-9(10-11-12-13)15-8-5-3-2-4-7(8)6-14/h2-6H,1H3. The highest BCUT2D eigenvalue weighted by atomic mass is 32.2. The van der Waals surface area contributed by atoms with E-state index < -0.39 is 0 Å².